The topological polar surface area (TPSA) is 168 Å². The van der Waals surface area contributed by atoms with Crippen molar-refractivity contribution in [1.82, 2.24) is 0 Å². The fraction of sp³-hybridized carbons (Fsp3) is 0.947. The predicted octanol–water partition coefficient (Wildman–Crippen LogP) is 25.2. The summed E-state index contributed by atoms with van der Waals surface area (Å²) >= 11 is 0. The van der Waals surface area contributed by atoms with E-state index in [0.717, 1.165) is 0 Å². The van der Waals surface area contributed by atoms with E-state index < -0.39 is 0 Å². The van der Waals surface area contributed by atoms with Gasteiger partial charge in [0.25, 0.3) is 0 Å². The van der Waals surface area contributed by atoms with Crippen molar-refractivity contribution in [1.29, 1.82) is 0 Å². The molecule has 2 radical (unpaired) electrons. The number of rotatable bonds is 12. The molecule has 2 N–H and O–H groups in total. The van der Waals surface area contributed by atoms with Crippen molar-refractivity contribution >= 4 is 31.7 Å². The van der Waals surface area contributed by atoms with Crippen LogP contribution in [-0.4, -0.2) is 78.9 Å². The Balaban J connectivity index is -0.00000107. The third-order valence-corrected chi connectivity index (χ3v) is 40.3. The van der Waals surface area contributed by atoms with E-state index in [9.17, 15) is 0 Å². The summed E-state index contributed by atoms with van der Waals surface area (Å²) in [5.74, 6) is 0. The van der Waals surface area contributed by atoms with Crippen LogP contribution in [0.2, 0.25) is 0 Å². The number of hydrogen-bond donors (Lipinski definition) is 0. The molecule has 12 saturated carbocycles. The third-order valence-electron chi connectivity index (χ3n) is 24.0. The fourth-order valence-corrected chi connectivity index (χ4v) is 38.8. The molecule has 0 aromatic rings. The molecule has 0 bridgehead atoms. The van der Waals surface area contributed by atoms with Crippen LogP contribution >= 0.6 is 31.7 Å². The van der Waals surface area contributed by atoms with E-state index in [4.69, 9.17) is 18.6 Å². The monoisotopic (exact) mass is 1690 g/mol. The smallest absolute Gasteiger partial charge is 2.00 e. The van der Waals surface area contributed by atoms with Crippen molar-refractivity contribution in [2.75, 3.05) is 0 Å². The zero-order chi connectivity index (χ0) is 59.7. The summed E-state index contributed by atoms with van der Waals surface area (Å²) in [6, 6.07) is 0. The summed E-state index contributed by atoms with van der Waals surface area (Å²) in [5, 5.41) is 0. The summed E-state index contributed by atoms with van der Waals surface area (Å²) < 4.78 is 30.0. The van der Waals surface area contributed by atoms with Crippen LogP contribution in [0.4, 0.5) is 0 Å². The van der Waals surface area contributed by atoms with E-state index >= 15 is 0 Å². The Labute approximate surface area is 619 Å². The van der Waals surface area contributed by atoms with Gasteiger partial charge in [-0.05, 0) is 222 Å². The van der Waals surface area contributed by atoms with Gasteiger partial charge in [-0.15, -0.1) is 0 Å². The quantitative estimate of drug-likeness (QED) is 0.0821. The molecule has 0 aromatic heterocycles. The van der Waals surface area contributed by atoms with Crippen LogP contribution in [0.15, 0.2) is 0 Å². The van der Waals surface area contributed by atoms with E-state index in [1.165, 1.54) is 145 Å². The van der Waals surface area contributed by atoms with Gasteiger partial charge in [0.15, 0.2) is 0 Å². The van der Waals surface area contributed by atoms with Crippen LogP contribution < -0.4 is 0 Å². The minimum atomic E-state index is 0. The van der Waals surface area contributed by atoms with Gasteiger partial charge in [0.2, 0.25) is 0 Å². The van der Waals surface area contributed by atoms with Gasteiger partial charge in [-0.2, -0.15) is 0 Å². The molecule has 15 heteroatoms. The molecule has 12 rings (SSSR count). The van der Waals surface area contributed by atoms with Gasteiger partial charge in [-0.1, -0.05) is 263 Å². The average molecular weight is 1690 g/mol. The van der Waals surface area contributed by atoms with Crippen LogP contribution in [0.5, 0.6) is 0 Å². The summed E-state index contributed by atoms with van der Waals surface area (Å²) in [4.78, 5) is 0. The van der Waals surface area contributed by atoms with E-state index in [1.54, 1.807) is 308 Å². The maximum atomic E-state index is 7.50. The normalized spacial score (nSPS) is 24.2. The first-order valence-electron chi connectivity index (χ1n) is 37.7. The first-order chi connectivity index (χ1) is 41.8. The van der Waals surface area contributed by atoms with Crippen LogP contribution in [0.25, 0.3) is 0 Å². The van der Waals surface area contributed by atoms with Crippen molar-refractivity contribution in [3.63, 3.8) is 0 Å². The molecule has 532 valence electrons. The van der Waals surface area contributed by atoms with Crippen LogP contribution in [0.3, 0.4) is 0 Å². The standard InChI is InChI=1S/4C18H33P.4CO.2H2O.O.4Ru/c4*1-4-10-16(11-5-1)19(17-12-6-2-7-13-17)18-14-8-3-9-15-18;4*1-2;;;;;;;/h4*16-18H,1-15H2;;;;;2*1H2;;;;;/q;;;;;;;;;;-2;;2*+1;+2/p-2. The van der Waals surface area contributed by atoms with Crippen molar-refractivity contribution in [2.24, 2.45) is 0 Å². The Bertz CT molecular complexity index is 1240. The third kappa shape index (κ3) is 35.7. The van der Waals surface area contributed by atoms with Crippen molar-refractivity contribution in [2.45, 2.75) is 453 Å². The second-order valence-corrected chi connectivity index (χ2v) is 41.6. The van der Waals surface area contributed by atoms with E-state index in [-0.39, 0.29) is 94.3 Å². The zero-order valence-electron chi connectivity index (χ0n) is 57.5. The van der Waals surface area contributed by atoms with E-state index in [0.29, 0.717) is 31.7 Å². The maximum Gasteiger partial charge on any atom is 2.00 e. The van der Waals surface area contributed by atoms with Crippen molar-refractivity contribution in [3.05, 3.63) is 26.6 Å². The molecular formula is C76H134O7P4Ru4. The van der Waals surface area contributed by atoms with Crippen molar-refractivity contribution < 1.29 is 113 Å². The first kappa shape index (κ1) is 98.2. The molecular weight excluding hydrogens is 1550 g/mol. The minimum absolute atomic E-state index is 0. The Kier molecular flexibility index (Phi) is 69.0. The van der Waals surface area contributed by atoms with Gasteiger partial charge < -0.3 is 16.4 Å². The molecule has 0 aromatic carbocycles. The molecule has 0 unspecified atom stereocenters. The Morgan fingerprint density at radius 3 is 0.275 bits per heavy atom. The predicted molar refractivity (Wildman–Crippen MR) is 370 cm³/mol. The summed E-state index contributed by atoms with van der Waals surface area (Å²) in [5.41, 5.74) is 14.3. The van der Waals surface area contributed by atoms with Crippen LogP contribution in [-0.2, 0) is 102 Å². The Hall–Kier alpha value is 3.05. The van der Waals surface area contributed by atoms with Crippen molar-refractivity contribution in [3.8, 4) is 0 Å². The first-order valence-corrected chi connectivity index (χ1v) is 43.9. The second kappa shape index (κ2) is 63.9. The second-order valence-electron chi connectivity index (χ2n) is 29.3. The Morgan fingerprint density at radius 1 is 0.165 bits per heavy atom. The average Bonchev–Trinajstić information content (AvgIpc) is 2.15. The molecule has 12 aliphatic carbocycles. The molecule has 12 fully saturated rings. The molecule has 0 amide bonds. The maximum absolute atomic E-state index is 7.50. The summed E-state index contributed by atoms with van der Waals surface area (Å²) in [7, 11) is 1.54. The minimum Gasteiger partial charge on any atom is -2.00 e. The van der Waals surface area contributed by atoms with E-state index in [2.05, 4.69) is 26.6 Å². The summed E-state index contributed by atoms with van der Waals surface area (Å²) in [6.45, 7) is 18.0. The molecule has 7 nitrogen and oxygen atoms in total. The molecule has 0 spiro atoms. The fourth-order valence-electron chi connectivity index (χ4n) is 20.1. The Morgan fingerprint density at radius 2 is 0.220 bits per heavy atom. The van der Waals surface area contributed by atoms with Gasteiger partial charge in [-0.3, -0.25) is 0 Å². The van der Waals surface area contributed by atoms with E-state index in [1.807, 2.05) is 0 Å². The van der Waals surface area contributed by atoms with Crippen LogP contribution in [0, 0.1) is 26.6 Å². The number of hydrogen-bond acceptors (Lipinski definition) is 2. The van der Waals surface area contributed by atoms with Gasteiger partial charge in [0, 0.05) is 19.5 Å². The molecule has 12 aliphatic rings. The summed E-state index contributed by atoms with van der Waals surface area (Å²) in [6.07, 6.45) is 94.5. The molecule has 91 heavy (non-hydrogen) atoms. The molecule has 0 atom stereocenters. The molecule has 0 saturated heterocycles. The van der Waals surface area contributed by atoms with Gasteiger partial charge in [-0.25, -0.2) is 0 Å². The molecule has 0 heterocycles. The largest absolute Gasteiger partial charge is 2.00 e. The zero-order valence-corrected chi connectivity index (χ0v) is 68.0. The van der Waals surface area contributed by atoms with Crippen LogP contribution in [0.1, 0.15) is 385 Å². The van der Waals surface area contributed by atoms with Gasteiger partial charge >= 0.3 is 104 Å². The molecule has 0 aliphatic heterocycles. The van der Waals surface area contributed by atoms with Gasteiger partial charge in [0.05, 0.1) is 0 Å². The van der Waals surface area contributed by atoms with Gasteiger partial charge in [0.1, 0.15) is 0 Å². The SMILES string of the molecule is C1CCC(P(C2CCCCC2)C2CCCCC2)CC1.C1CCC(P(C2CCCCC2)C2CCCCC2)CC1.C1CCC(P(C2CCCCC2)C2CCCCC2)CC1.C1CCC(P(C2CCCCC2)C2CCCCC2)CC1.[C-]#[O+].[C-]#[O+].[C-]#[O+].[C-]#[O+].[O-2].[OH-].[OH-].[Ru+2].[Ru+].[Ru+].[Ru].